The highest BCUT2D eigenvalue weighted by atomic mass is 16.5. The van der Waals surface area contributed by atoms with Gasteiger partial charge in [-0.15, -0.1) is 0 Å². The molecule has 5 heteroatoms. The first kappa shape index (κ1) is 12.8. The van der Waals surface area contributed by atoms with Crippen LogP contribution >= 0.6 is 0 Å². The molecule has 0 spiro atoms. The van der Waals surface area contributed by atoms with Crippen LogP contribution in [0, 0.1) is 5.92 Å². The standard InChI is InChI=1S/C13H18N2O3/c1-18-13(17)11-3-2-6-14-12(11)15-7-4-10(9-15)5-8-16/h2-3,6,10,16H,4-5,7-9H2,1H3. The largest absolute Gasteiger partial charge is 0.465 e. The van der Waals surface area contributed by atoms with Crippen molar-refractivity contribution in [2.75, 3.05) is 31.7 Å². The number of aliphatic hydroxyl groups excluding tert-OH is 1. The molecular formula is C13H18N2O3. The Kier molecular flexibility index (Phi) is 4.15. The normalized spacial score (nSPS) is 19.0. The SMILES string of the molecule is COC(=O)c1cccnc1N1CCC(CCO)C1. The second-order valence-electron chi connectivity index (χ2n) is 4.48. The van der Waals surface area contributed by atoms with Crippen molar-refractivity contribution in [1.82, 2.24) is 4.98 Å². The number of hydrogen-bond donors (Lipinski definition) is 1. The minimum absolute atomic E-state index is 0.213. The molecule has 1 fully saturated rings. The van der Waals surface area contributed by atoms with E-state index >= 15 is 0 Å². The summed E-state index contributed by atoms with van der Waals surface area (Å²) in [6.45, 7) is 1.91. The topological polar surface area (TPSA) is 62.7 Å². The third kappa shape index (κ3) is 2.61. The highest BCUT2D eigenvalue weighted by molar-refractivity contribution is 5.94. The van der Waals surface area contributed by atoms with Crippen LogP contribution in [0.1, 0.15) is 23.2 Å². The second-order valence-corrected chi connectivity index (χ2v) is 4.48. The second kappa shape index (κ2) is 5.82. The molecule has 1 aliphatic rings. The molecule has 0 aromatic carbocycles. The van der Waals surface area contributed by atoms with Crippen molar-refractivity contribution in [3.63, 3.8) is 0 Å². The van der Waals surface area contributed by atoms with Gasteiger partial charge in [0.15, 0.2) is 0 Å². The fourth-order valence-corrected chi connectivity index (χ4v) is 2.36. The lowest BCUT2D eigenvalue weighted by atomic mass is 10.1. The fourth-order valence-electron chi connectivity index (χ4n) is 2.36. The quantitative estimate of drug-likeness (QED) is 0.810. The van der Waals surface area contributed by atoms with Gasteiger partial charge >= 0.3 is 5.97 Å². The molecule has 0 amide bonds. The number of methoxy groups -OCH3 is 1. The average molecular weight is 250 g/mol. The van der Waals surface area contributed by atoms with Crippen LogP contribution in [-0.4, -0.2) is 42.9 Å². The van der Waals surface area contributed by atoms with Crippen LogP contribution in [0.4, 0.5) is 5.82 Å². The molecule has 98 valence electrons. The molecule has 1 aliphatic heterocycles. The summed E-state index contributed by atoms with van der Waals surface area (Å²) < 4.78 is 4.77. The molecule has 1 N–H and O–H groups in total. The van der Waals surface area contributed by atoms with E-state index in [-0.39, 0.29) is 12.6 Å². The van der Waals surface area contributed by atoms with Crippen molar-refractivity contribution in [3.8, 4) is 0 Å². The molecule has 0 bridgehead atoms. The van der Waals surface area contributed by atoms with Gasteiger partial charge in [-0.05, 0) is 30.9 Å². The zero-order valence-corrected chi connectivity index (χ0v) is 10.5. The lowest BCUT2D eigenvalue weighted by Gasteiger charge is -2.19. The third-order valence-electron chi connectivity index (χ3n) is 3.31. The molecule has 18 heavy (non-hydrogen) atoms. The van der Waals surface area contributed by atoms with E-state index in [2.05, 4.69) is 9.88 Å². The van der Waals surface area contributed by atoms with E-state index in [4.69, 9.17) is 9.84 Å². The van der Waals surface area contributed by atoms with Gasteiger partial charge in [-0.1, -0.05) is 0 Å². The molecule has 1 aromatic heterocycles. The fraction of sp³-hybridized carbons (Fsp3) is 0.538. The number of aliphatic hydroxyl groups is 1. The number of anilines is 1. The van der Waals surface area contributed by atoms with Crippen molar-refractivity contribution < 1.29 is 14.6 Å². The van der Waals surface area contributed by atoms with Gasteiger partial charge in [-0.25, -0.2) is 9.78 Å². The molecule has 2 rings (SSSR count). The van der Waals surface area contributed by atoms with Crippen molar-refractivity contribution in [3.05, 3.63) is 23.9 Å². The summed E-state index contributed by atoms with van der Waals surface area (Å²) in [5.41, 5.74) is 0.504. The number of carbonyl (C=O) groups excluding carboxylic acids is 1. The first-order valence-corrected chi connectivity index (χ1v) is 6.15. The molecule has 1 saturated heterocycles. The molecule has 0 radical (unpaired) electrons. The van der Waals surface area contributed by atoms with Crippen LogP contribution in [0.25, 0.3) is 0 Å². The summed E-state index contributed by atoms with van der Waals surface area (Å²) in [7, 11) is 1.37. The summed E-state index contributed by atoms with van der Waals surface area (Å²) in [6.07, 6.45) is 3.51. The number of esters is 1. The van der Waals surface area contributed by atoms with Gasteiger partial charge in [-0.3, -0.25) is 0 Å². The first-order valence-electron chi connectivity index (χ1n) is 6.15. The van der Waals surface area contributed by atoms with Gasteiger partial charge in [0.2, 0.25) is 0 Å². The number of pyridine rings is 1. The van der Waals surface area contributed by atoms with E-state index in [1.165, 1.54) is 7.11 Å². The Morgan fingerprint density at radius 2 is 2.50 bits per heavy atom. The monoisotopic (exact) mass is 250 g/mol. The Hall–Kier alpha value is -1.62. The van der Waals surface area contributed by atoms with E-state index in [0.29, 0.717) is 17.3 Å². The Balaban J connectivity index is 2.16. The van der Waals surface area contributed by atoms with E-state index in [9.17, 15) is 4.79 Å². The summed E-state index contributed by atoms with van der Waals surface area (Å²) in [5, 5.41) is 8.96. The molecule has 1 aromatic rings. The van der Waals surface area contributed by atoms with Crippen molar-refractivity contribution in [1.29, 1.82) is 0 Å². The Morgan fingerprint density at radius 1 is 1.67 bits per heavy atom. The maximum atomic E-state index is 11.7. The average Bonchev–Trinajstić information content (AvgIpc) is 2.87. The number of rotatable bonds is 4. The number of nitrogens with zero attached hydrogens (tertiary/aromatic N) is 2. The van der Waals surface area contributed by atoms with Crippen LogP contribution in [-0.2, 0) is 4.74 Å². The van der Waals surface area contributed by atoms with Gasteiger partial charge in [0, 0.05) is 25.9 Å². The predicted octanol–water partition coefficient (Wildman–Crippen LogP) is 1.08. The first-order chi connectivity index (χ1) is 8.76. The van der Waals surface area contributed by atoms with Crippen molar-refractivity contribution in [2.24, 2.45) is 5.92 Å². The maximum absolute atomic E-state index is 11.7. The summed E-state index contributed by atoms with van der Waals surface area (Å²) in [4.78, 5) is 18.0. The minimum Gasteiger partial charge on any atom is -0.465 e. The lowest BCUT2D eigenvalue weighted by molar-refractivity contribution is 0.0601. The molecule has 1 atom stereocenters. The highest BCUT2D eigenvalue weighted by Crippen LogP contribution is 2.26. The number of aromatic nitrogens is 1. The van der Waals surface area contributed by atoms with E-state index < -0.39 is 0 Å². The van der Waals surface area contributed by atoms with Gasteiger partial charge in [0.05, 0.1) is 7.11 Å². The zero-order valence-electron chi connectivity index (χ0n) is 10.5. The molecule has 0 aliphatic carbocycles. The molecule has 2 heterocycles. The predicted molar refractivity (Wildman–Crippen MR) is 67.6 cm³/mol. The van der Waals surface area contributed by atoms with Gasteiger partial charge in [0.25, 0.3) is 0 Å². The highest BCUT2D eigenvalue weighted by Gasteiger charge is 2.26. The van der Waals surface area contributed by atoms with Crippen LogP contribution in [0.2, 0.25) is 0 Å². The van der Waals surface area contributed by atoms with Crippen LogP contribution in [0.15, 0.2) is 18.3 Å². The number of carbonyl (C=O) groups is 1. The van der Waals surface area contributed by atoms with Gasteiger partial charge in [0.1, 0.15) is 11.4 Å². The van der Waals surface area contributed by atoms with Crippen LogP contribution < -0.4 is 4.90 Å². The zero-order chi connectivity index (χ0) is 13.0. The minimum atomic E-state index is -0.358. The maximum Gasteiger partial charge on any atom is 0.341 e. The number of hydrogen-bond acceptors (Lipinski definition) is 5. The Morgan fingerprint density at radius 3 is 3.22 bits per heavy atom. The summed E-state index contributed by atoms with van der Waals surface area (Å²) in [6, 6.07) is 3.46. The molecule has 1 unspecified atom stereocenters. The van der Waals surface area contributed by atoms with E-state index in [1.807, 2.05) is 0 Å². The summed E-state index contributed by atoms with van der Waals surface area (Å²) in [5.74, 6) is 0.802. The van der Waals surface area contributed by atoms with Crippen LogP contribution in [0.3, 0.4) is 0 Å². The molecule has 0 saturated carbocycles. The van der Waals surface area contributed by atoms with Crippen molar-refractivity contribution in [2.45, 2.75) is 12.8 Å². The summed E-state index contributed by atoms with van der Waals surface area (Å²) >= 11 is 0. The van der Waals surface area contributed by atoms with Crippen LogP contribution in [0.5, 0.6) is 0 Å². The van der Waals surface area contributed by atoms with E-state index in [1.54, 1.807) is 18.3 Å². The number of ether oxygens (including phenoxy) is 1. The van der Waals surface area contributed by atoms with E-state index in [0.717, 1.165) is 25.9 Å². The smallest absolute Gasteiger partial charge is 0.341 e. The van der Waals surface area contributed by atoms with Crippen molar-refractivity contribution >= 4 is 11.8 Å². The Labute approximate surface area is 106 Å². The lowest BCUT2D eigenvalue weighted by Crippen LogP contribution is -2.24. The third-order valence-corrected chi connectivity index (χ3v) is 3.31. The molecule has 5 nitrogen and oxygen atoms in total. The molecular weight excluding hydrogens is 232 g/mol. The van der Waals surface area contributed by atoms with Gasteiger partial charge in [-0.2, -0.15) is 0 Å². The van der Waals surface area contributed by atoms with Gasteiger partial charge < -0.3 is 14.7 Å². The Bertz CT molecular complexity index is 422.